The molecule has 0 saturated heterocycles. The molecule has 2 rings (SSSR count). The first-order valence-electron chi connectivity index (χ1n) is 13.4. The minimum atomic E-state index is -1.83. The van der Waals surface area contributed by atoms with Gasteiger partial charge in [-0.15, -0.1) is 0 Å². The number of hydrogen-bond donors (Lipinski definition) is 0. The van der Waals surface area contributed by atoms with Crippen LogP contribution in [0.1, 0.15) is 52.7 Å². The molecule has 0 unspecified atom stereocenters. The van der Waals surface area contributed by atoms with Gasteiger partial charge in [-0.3, -0.25) is 28.8 Å². The third kappa shape index (κ3) is 11.9. The Morgan fingerprint density at radius 2 is 0.750 bits per heavy atom. The van der Waals surface area contributed by atoms with Crippen LogP contribution in [0.25, 0.3) is 12.2 Å². The van der Waals surface area contributed by atoms with E-state index in [0.717, 1.165) is 41.5 Å². The highest BCUT2D eigenvalue weighted by Gasteiger charge is 2.48. The second kappa shape index (κ2) is 17.0. The molecule has 12 heteroatoms. The molecule has 0 heterocycles. The molecule has 12 nitrogen and oxygen atoms in total. The van der Waals surface area contributed by atoms with Crippen molar-refractivity contribution in [2.45, 2.75) is 66.0 Å². The Kier molecular flexibility index (Phi) is 13.5. The van der Waals surface area contributed by atoms with Crippen LogP contribution >= 0.6 is 0 Å². The van der Waals surface area contributed by atoms with E-state index in [0.29, 0.717) is 11.1 Å². The number of carbonyl (C=O) groups is 6. The normalized spacial score (nSPS) is 14.1. The maximum Gasteiger partial charge on any atom is 0.307 e. The Bertz CT molecular complexity index is 1290. The summed E-state index contributed by atoms with van der Waals surface area (Å²) in [6, 6.07) is 16.9. The molecule has 44 heavy (non-hydrogen) atoms. The smallest absolute Gasteiger partial charge is 0.307 e. The van der Waals surface area contributed by atoms with Crippen molar-refractivity contribution in [3.63, 3.8) is 0 Å². The molecule has 0 aliphatic carbocycles. The van der Waals surface area contributed by atoms with Gasteiger partial charge in [0.25, 0.3) is 0 Å². The first-order valence-corrected chi connectivity index (χ1v) is 13.4. The lowest BCUT2D eigenvalue weighted by Crippen LogP contribution is -2.53. The van der Waals surface area contributed by atoms with E-state index in [4.69, 9.17) is 28.4 Å². The molecule has 0 aromatic heterocycles. The highest BCUT2D eigenvalue weighted by Crippen LogP contribution is 2.30. The van der Waals surface area contributed by atoms with Crippen LogP contribution in [0.15, 0.2) is 72.2 Å². The third-order valence-electron chi connectivity index (χ3n) is 5.41. The fourth-order valence-electron chi connectivity index (χ4n) is 4.02. The van der Waals surface area contributed by atoms with E-state index in [1.54, 1.807) is 60.7 Å². The van der Waals surface area contributed by atoms with Crippen LogP contribution in [0.5, 0.6) is 0 Å². The Morgan fingerprint density at radius 3 is 1.00 bits per heavy atom. The van der Waals surface area contributed by atoms with Gasteiger partial charge in [-0.1, -0.05) is 60.7 Å². The predicted octanol–water partition coefficient (Wildman–Crippen LogP) is 3.92. The molecule has 4 atom stereocenters. The van der Waals surface area contributed by atoms with Crippen LogP contribution in [0.3, 0.4) is 0 Å². The summed E-state index contributed by atoms with van der Waals surface area (Å²) in [6.07, 6.45) is -4.45. The number of esters is 6. The fourth-order valence-corrected chi connectivity index (χ4v) is 4.02. The van der Waals surface area contributed by atoms with Gasteiger partial charge in [-0.25, -0.2) is 0 Å². The number of ether oxygens (including phenoxy) is 6. The van der Waals surface area contributed by atoms with Gasteiger partial charge in [-0.05, 0) is 23.3 Å². The zero-order valence-electron chi connectivity index (χ0n) is 25.1. The van der Waals surface area contributed by atoms with E-state index in [9.17, 15) is 28.8 Å². The maximum absolute atomic E-state index is 12.5. The van der Waals surface area contributed by atoms with Crippen LogP contribution in [-0.2, 0) is 57.2 Å². The average Bonchev–Trinajstić information content (AvgIpc) is 2.92. The number of carbonyl (C=O) groups excluding carboxylic acids is 6. The number of benzene rings is 2. The fraction of sp³-hybridized carbons (Fsp3) is 0.312. The van der Waals surface area contributed by atoms with Gasteiger partial charge in [0.15, 0.2) is 35.9 Å². The average molecular weight is 611 g/mol. The number of rotatable bonds is 13. The van der Waals surface area contributed by atoms with Gasteiger partial charge in [-0.2, -0.15) is 0 Å². The molecule has 0 bridgehead atoms. The van der Waals surface area contributed by atoms with Crippen molar-refractivity contribution in [3.8, 4) is 0 Å². The molecular weight excluding hydrogens is 576 g/mol. The van der Waals surface area contributed by atoms with E-state index in [1.807, 2.05) is 0 Å². The van der Waals surface area contributed by atoms with Crippen molar-refractivity contribution in [2.24, 2.45) is 0 Å². The van der Waals surface area contributed by atoms with E-state index < -0.39 is 60.2 Å². The van der Waals surface area contributed by atoms with E-state index >= 15 is 0 Å². The summed E-state index contributed by atoms with van der Waals surface area (Å²) in [7, 11) is 0. The SMILES string of the molecule is CC(=O)OC(=Cc1ccccc1)[C@@H](OC(C)=O)[C@@H](OC(C)=O)[C@H](OC(C)=O)[C@@H](OC(C)=O)C(=Cc1ccccc1)OC(C)=O. The van der Waals surface area contributed by atoms with Crippen LogP contribution in [0.4, 0.5) is 0 Å². The van der Waals surface area contributed by atoms with Crippen molar-refractivity contribution >= 4 is 48.0 Å². The quantitative estimate of drug-likeness (QED) is 0.183. The lowest BCUT2D eigenvalue weighted by Gasteiger charge is -2.36. The molecular formula is C32H34O12. The van der Waals surface area contributed by atoms with Crippen LogP contribution in [0, 0.1) is 0 Å². The van der Waals surface area contributed by atoms with Crippen molar-refractivity contribution in [2.75, 3.05) is 0 Å². The van der Waals surface area contributed by atoms with Crippen LogP contribution in [0.2, 0.25) is 0 Å². The van der Waals surface area contributed by atoms with Crippen molar-refractivity contribution in [1.82, 2.24) is 0 Å². The Balaban J connectivity index is 2.92. The molecule has 0 aliphatic heterocycles. The first kappa shape index (κ1) is 34.9. The maximum atomic E-state index is 12.5. The standard InChI is InChI=1S/C32H34O12/c1-19(33)39-27(17-25-13-9-7-10-14-25)29(41-21(3)35)31(43-23(5)37)32(44-24(6)38)30(42-22(4)36)28(40-20(2)34)18-26-15-11-8-12-16-26/h7-18,29-32H,1-6H3/t29-,30+,31-,32-/m1/s1. The largest absolute Gasteiger partial charge is 0.454 e. The monoisotopic (exact) mass is 610 g/mol. The highest BCUT2D eigenvalue weighted by molar-refractivity contribution is 5.73. The molecule has 2 aromatic carbocycles. The molecule has 234 valence electrons. The Hall–Kier alpha value is -5.26. The van der Waals surface area contributed by atoms with Crippen molar-refractivity contribution in [1.29, 1.82) is 0 Å². The topological polar surface area (TPSA) is 158 Å². The van der Waals surface area contributed by atoms with Gasteiger partial charge in [0.2, 0.25) is 0 Å². The summed E-state index contributed by atoms with van der Waals surface area (Å²) in [5.41, 5.74) is 0.986. The highest BCUT2D eigenvalue weighted by atomic mass is 16.6. The second-order valence-corrected chi connectivity index (χ2v) is 9.31. The zero-order chi connectivity index (χ0) is 32.8. The molecule has 0 aliphatic rings. The van der Waals surface area contributed by atoms with Gasteiger partial charge in [0, 0.05) is 41.5 Å². The van der Waals surface area contributed by atoms with Crippen molar-refractivity contribution < 1.29 is 57.2 Å². The molecule has 0 fully saturated rings. The Morgan fingerprint density at radius 1 is 0.455 bits per heavy atom. The first-order chi connectivity index (χ1) is 20.8. The van der Waals surface area contributed by atoms with Crippen LogP contribution in [-0.4, -0.2) is 60.2 Å². The summed E-state index contributed by atoms with van der Waals surface area (Å²) < 4.78 is 33.0. The summed E-state index contributed by atoms with van der Waals surface area (Å²) in [5, 5.41) is 0. The zero-order valence-corrected chi connectivity index (χ0v) is 25.1. The van der Waals surface area contributed by atoms with E-state index in [2.05, 4.69) is 0 Å². The molecule has 0 N–H and O–H groups in total. The molecule has 0 saturated carbocycles. The van der Waals surface area contributed by atoms with Gasteiger partial charge in [0.05, 0.1) is 0 Å². The summed E-state index contributed by atoms with van der Waals surface area (Å²) in [6.45, 7) is 6.35. The van der Waals surface area contributed by atoms with Gasteiger partial charge < -0.3 is 28.4 Å². The molecule has 0 spiro atoms. The lowest BCUT2D eigenvalue weighted by molar-refractivity contribution is -0.197. The lowest BCUT2D eigenvalue weighted by atomic mass is 9.97. The minimum Gasteiger partial charge on any atom is -0.454 e. The Labute approximate surface area is 254 Å². The third-order valence-corrected chi connectivity index (χ3v) is 5.41. The molecule has 0 amide bonds. The molecule has 0 radical (unpaired) electrons. The van der Waals surface area contributed by atoms with Crippen LogP contribution < -0.4 is 0 Å². The van der Waals surface area contributed by atoms with Gasteiger partial charge in [0.1, 0.15) is 0 Å². The van der Waals surface area contributed by atoms with Gasteiger partial charge >= 0.3 is 35.8 Å². The van der Waals surface area contributed by atoms with E-state index in [1.165, 1.54) is 12.2 Å². The van der Waals surface area contributed by atoms with Crippen molar-refractivity contribution in [3.05, 3.63) is 83.3 Å². The molecule has 2 aromatic rings. The summed E-state index contributed by atoms with van der Waals surface area (Å²) in [5.74, 6) is -5.95. The summed E-state index contributed by atoms with van der Waals surface area (Å²) in [4.78, 5) is 74.2. The summed E-state index contributed by atoms with van der Waals surface area (Å²) >= 11 is 0. The van der Waals surface area contributed by atoms with E-state index in [-0.39, 0.29) is 11.5 Å². The predicted molar refractivity (Wildman–Crippen MR) is 155 cm³/mol. The second-order valence-electron chi connectivity index (χ2n) is 9.31. The number of hydrogen-bond acceptors (Lipinski definition) is 12. The minimum absolute atomic E-state index is 0.315.